The van der Waals surface area contributed by atoms with Crippen LogP contribution < -0.4 is 4.90 Å². The first kappa shape index (κ1) is 12.8. The Labute approximate surface area is 106 Å². The molecular formula is C12H18N4O2. The zero-order valence-electron chi connectivity index (χ0n) is 10.9. The third kappa shape index (κ3) is 2.59. The van der Waals surface area contributed by atoms with Crippen LogP contribution in [0.2, 0.25) is 0 Å². The van der Waals surface area contributed by atoms with Crippen molar-refractivity contribution in [3.63, 3.8) is 0 Å². The zero-order valence-corrected chi connectivity index (χ0v) is 10.9. The van der Waals surface area contributed by atoms with Crippen molar-refractivity contribution in [2.45, 2.75) is 19.4 Å². The van der Waals surface area contributed by atoms with Crippen LogP contribution in [0.4, 0.5) is 5.95 Å². The first-order valence-electron chi connectivity index (χ1n) is 5.97. The standard InChI is InChI=1S/C12H18N4O2/c1-8-6-10(11(17)18)14-12(13-8)16-5-4-9(7-16)15(2)3/h6,9H,4-5,7H2,1-3H3,(H,17,18). The average Bonchev–Trinajstić information content (AvgIpc) is 2.77. The van der Waals surface area contributed by atoms with Crippen LogP contribution in [0.3, 0.4) is 0 Å². The van der Waals surface area contributed by atoms with Crippen molar-refractivity contribution in [3.05, 3.63) is 17.5 Å². The van der Waals surface area contributed by atoms with E-state index in [1.54, 1.807) is 6.92 Å². The summed E-state index contributed by atoms with van der Waals surface area (Å²) in [5.41, 5.74) is 0.747. The number of nitrogens with zero attached hydrogens (tertiary/aromatic N) is 4. The van der Waals surface area contributed by atoms with Gasteiger partial charge in [-0.25, -0.2) is 14.8 Å². The van der Waals surface area contributed by atoms with Crippen LogP contribution >= 0.6 is 0 Å². The van der Waals surface area contributed by atoms with Gasteiger partial charge in [-0.1, -0.05) is 0 Å². The Morgan fingerprint density at radius 3 is 2.78 bits per heavy atom. The number of carbonyl (C=O) groups is 1. The number of carboxylic acid groups (broad SMARTS) is 1. The molecule has 18 heavy (non-hydrogen) atoms. The van der Waals surface area contributed by atoms with Crippen LogP contribution in [0.5, 0.6) is 0 Å². The highest BCUT2D eigenvalue weighted by molar-refractivity contribution is 5.85. The van der Waals surface area contributed by atoms with Gasteiger partial charge in [-0.05, 0) is 33.5 Å². The SMILES string of the molecule is Cc1cc(C(=O)O)nc(N2CCC(N(C)C)C2)n1. The third-order valence-electron chi connectivity index (χ3n) is 3.24. The highest BCUT2D eigenvalue weighted by atomic mass is 16.4. The number of anilines is 1. The van der Waals surface area contributed by atoms with E-state index in [4.69, 9.17) is 5.11 Å². The summed E-state index contributed by atoms with van der Waals surface area (Å²) < 4.78 is 0. The Morgan fingerprint density at radius 2 is 2.22 bits per heavy atom. The second-order valence-corrected chi connectivity index (χ2v) is 4.85. The minimum atomic E-state index is -1.01. The summed E-state index contributed by atoms with van der Waals surface area (Å²) in [6.07, 6.45) is 1.05. The van der Waals surface area contributed by atoms with Crippen molar-refractivity contribution in [1.82, 2.24) is 14.9 Å². The van der Waals surface area contributed by atoms with Crippen molar-refractivity contribution in [2.75, 3.05) is 32.1 Å². The molecule has 98 valence electrons. The predicted molar refractivity (Wildman–Crippen MR) is 68.0 cm³/mol. The van der Waals surface area contributed by atoms with Crippen molar-refractivity contribution in [2.24, 2.45) is 0 Å². The molecule has 6 heteroatoms. The van der Waals surface area contributed by atoms with Gasteiger partial charge in [0.05, 0.1) is 0 Å². The van der Waals surface area contributed by atoms with Gasteiger partial charge >= 0.3 is 5.97 Å². The van der Waals surface area contributed by atoms with Gasteiger partial charge in [0, 0.05) is 24.8 Å². The molecule has 1 saturated heterocycles. The molecule has 1 atom stereocenters. The quantitative estimate of drug-likeness (QED) is 0.848. The van der Waals surface area contributed by atoms with E-state index in [1.807, 2.05) is 19.0 Å². The lowest BCUT2D eigenvalue weighted by Crippen LogP contribution is -2.32. The lowest BCUT2D eigenvalue weighted by Gasteiger charge is -2.20. The first-order chi connectivity index (χ1) is 8.47. The number of rotatable bonds is 3. The third-order valence-corrected chi connectivity index (χ3v) is 3.24. The van der Waals surface area contributed by atoms with E-state index >= 15 is 0 Å². The molecule has 6 nitrogen and oxygen atoms in total. The van der Waals surface area contributed by atoms with Crippen LogP contribution in [0, 0.1) is 6.92 Å². The highest BCUT2D eigenvalue weighted by Gasteiger charge is 2.26. The number of aryl methyl sites for hydroxylation is 1. The molecule has 0 radical (unpaired) electrons. The summed E-state index contributed by atoms with van der Waals surface area (Å²) in [5, 5.41) is 9.00. The van der Waals surface area contributed by atoms with Crippen LogP contribution in [-0.2, 0) is 0 Å². The van der Waals surface area contributed by atoms with E-state index in [-0.39, 0.29) is 5.69 Å². The predicted octanol–water partition coefficient (Wildman–Crippen LogP) is 0.624. The van der Waals surface area contributed by atoms with E-state index in [1.165, 1.54) is 6.07 Å². The summed E-state index contributed by atoms with van der Waals surface area (Å²) >= 11 is 0. The van der Waals surface area contributed by atoms with Crippen molar-refractivity contribution in [3.8, 4) is 0 Å². The molecule has 1 aliphatic rings. The smallest absolute Gasteiger partial charge is 0.354 e. The molecule has 2 heterocycles. The maximum Gasteiger partial charge on any atom is 0.354 e. The van der Waals surface area contributed by atoms with Gasteiger partial charge < -0.3 is 14.9 Å². The molecule has 0 aliphatic carbocycles. The fourth-order valence-corrected chi connectivity index (χ4v) is 2.15. The fraction of sp³-hybridized carbons (Fsp3) is 0.583. The molecule has 2 rings (SSSR count). The van der Waals surface area contributed by atoms with Gasteiger partial charge in [0.1, 0.15) is 0 Å². The van der Waals surface area contributed by atoms with Crippen LogP contribution in [0.1, 0.15) is 22.6 Å². The van der Waals surface area contributed by atoms with Crippen molar-refractivity contribution >= 4 is 11.9 Å². The molecular weight excluding hydrogens is 232 g/mol. The van der Waals surface area contributed by atoms with Gasteiger partial charge in [-0.3, -0.25) is 0 Å². The van der Waals surface area contributed by atoms with E-state index in [0.29, 0.717) is 17.7 Å². The summed E-state index contributed by atoms with van der Waals surface area (Å²) in [4.78, 5) is 23.6. The largest absolute Gasteiger partial charge is 0.477 e. The fourth-order valence-electron chi connectivity index (χ4n) is 2.15. The molecule has 0 spiro atoms. The number of likely N-dealkylation sites (N-methyl/N-ethyl adjacent to an activating group) is 1. The van der Waals surface area contributed by atoms with Gasteiger partial charge in [0.15, 0.2) is 5.69 Å². The Kier molecular flexibility index (Phi) is 3.47. The number of carboxylic acids is 1. The van der Waals surface area contributed by atoms with E-state index < -0.39 is 5.97 Å². The van der Waals surface area contributed by atoms with Crippen LogP contribution in [-0.4, -0.2) is 59.2 Å². The summed E-state index contributed by atoms with van der Waals surface area (Å²) in [6.45, 7) is 3.50. The number of aromatic nitrogens is 2. The van der Waals surface area contributed by atoms with Gasteiger partial charge in [0.25, 0.3) is 0 Å². The molecule has 1 aromatic rings. The van der Waals surface area contributed by atoms with Crippen LogP contribution in [0.15, 0.2) is 6.07 Å². The van der Waals surface area contributed by atoms with Crippen molar-refractivity contribution < 1.29 is 9.90 Å². The molecule has 1 aromatic heterocycles. The highest BCUT2D eigenvalue weighted by Crippen LogP contribution is 2.19. The molecule has 0 aromatic carbocycles. The van der Waals surface area contributed by atoms with Gasteiger partial charge in [-0.15, -0.1) is 0 Å². The minimum Gasteiger partial charge on any atom is -0.477 e. The lowest BCUT2D eigenvalue weighted by molar-refractivity contribution is 0.0690. The van der Waals surface area contributed by atoms with Gasteiger partial charge in [0.2, 0.25) is 5.95 Å². The van der Waals surface area contributed by atoms with E-state index in [9.17, 15) is 4.79 Å². The monoisotopic (exact) mass is 250 g/mol. The summed E-state index contributed by atoms with van der Waals surface area (Å²) in [7, 11) is 4.10. The molecule has 0 bridgehead atoms. The zero-order chi connectivity index (χ0) is 13.3. The van der Waals surface area contributed by atoms with Crippen LogP contribution in [0.25, 0.3) is 0 Å². The molecule has 0 amide bonds. The number of hydrogen-bond donors (Lipinski definition) is 1. The second-order valence-electron chi connectivity index (χ2n) is 4.85. The Balaban J connectivity index is 2.21. The Bertz CT molecular complexity index is 461. The minimum absolute atomic E-state index is 0.0609. The van der Waals surface area contributed by atoms with Gasteiger partial charge in [-0.2, -0.15) is 0 Å². The first-order valence-corrected chi connectivity index (χ1v) is 5.97. The van der Waals surface area contributed by atoms with Crippen molar-refractivity contribution in [1.29, 1.82) is 0 Å². The lowest BCUT2D eigenvalue weighted by atomic mass is 10.2. The Morgan fingerprint density at radius 1 is 1.50 bits per heavy atom. The normalized spacial score (nSPS) is 19.6. The molecule has 1 fully saturated rings. The molecule has 1 unspecified atom stereocenters. The summed E-state index contributed by atoms with van der Waals surface area (Å²) in [6, 6.07) is 1.97. The average molecular weight is 250 g/mol. The Hall–Kier alpha value is -1.69. The maximum atomic E-state index is 11.0. The number of hydrogen-bond acceptors (Lipinski definition) is 5. The number of aromatic carboxylic acids is 1. The maximum absolute atomic E-state index is 11.0. The molecule has 1 N–H and O–H groups in total. The molecule has 0 saturated carbocycles. The topological polar surface area (TPSA) is 69.6 Å². The summed E-state index contributed by atoms with van der Waals surface area (Å²) in [5.74, 6) is -0.484. The second kappa shape index (κ2) is 4.89. The van der Waals surface area contributed by atoms with E-state index in [2.05, 4.69) is 14.9 Å². The van der Waals surface area contributed by atoms with E-state index in [0.717, 1.165) is 19.5 Å². The molecule has 1 aliphatic heterocycles.